The maximum absolute atomic E-state index is 14.2. The Balaban J connectivity index is 1.89. The number of carbonyl (C=O) groups excluding carboxylic acids is 8. The van der Waals surface area contributed by atoms with Crippen LogP contribution in [0.1, 0.15) is 57.0 Å². The van der Waals surface area contributed by atoms with Crippen molar-refractivity contribution in [1.29, 1.82) is 0 Å². The van der Waals surface area contributed by atoms with Crippen molar-refractivity contribution in [2.75, 3.05) is 19.8 Å². The number of aromatic amines is 2. The monoisotopic (exact) mass is 1040 g/mol. The lowest BCUT2D eigenvalue weighted by atomic mass is 10.0. The van der Waals surface area contributed by atoms with Gasteiger partial charge < -0.3 is 88.9 Å². The average molecular weight is 1040 g/mol. The summed E-state index contributed by atoms with van der Waals surface area (Å²) in [7, 11) is 0. The molecule has 0 radical (unpaired) electrons. The minimum atomic E-state index is -1.86. The highest BCUT2D eigenvalue weighted by atomic mass is 16.4. The van der Waals surface area contributed by atoms with Gasteiger partial charge in [0.05, 0.1) is 38.6 Å². The number of aliphatic carboxylic acids is 2. The fourth-order valence-electron chi connectivity index (χ4n) is 6.92. The summed E-state index contributed by atoms with van der Waals surface area (Å²) >= 11 is 0. The number of aliphatic hydroxyl groups excluding tert-OH is 4. The first-order valence-electron chi connectivity index (χ1n) is 23.2. The first-order valence-corrected chi connectivity index (χ1v) is 23.2. The zero-order valence-corrected chi connectivity index (χ0v) is 40.6. The first-order chi connectivity index (χ1) is 35.1. The van der Waals surface area contributed by atoms with Crippen LogP contribution in [-0.4, -0.2) is 190 Å². The number of nitrogens with zero attached hydrogens (tertiary/aromatic N) is 2. The van der Waals surface area contributed by atoms with E-state index in [1.54, 1.807) is 44.2 Å². The summed E-state index contributed by atoms with van der Waals surface area (Å²) in [6.07, 6.45) is 1.60. The molecule has 0 bridgehead atoms. The van der Waals surface area contributed by atoms with Crippen LogP contribution in [0.3, 0.4) is 0 Å². The molecule has 0 fully saturated rings. The molecular weight excluding hydrogens is 979 g/mol. The number of aliphatic hydroxyl groups is 4. The van der Waals surface area contributed by atoms with Crippen molar-refractivity contribution in [3.8, 4) is 0 Å². The van der Waals surface area contributed by atoms with Gasteiger partial charge in [-0.05, 0) is 31.2 Å². The smallest absolute Gasteiger partial charge is 0.326 e. The molecule has 1 aromatic carbocycles. The second-order valence-corrected chi connectivity index (χ2v) is 17.5. The summed E-state index contributed by atoms with van der Waals surface area (Å²) in [6.45, 7) is 1.56. The lowest BCUT2D eigenvalue weighted by Gasteiger charge is -2.27. The summed E-state index contributed by atoms with van der Waals surface area (Å²) in [5, 5.41) is 77.7. The van der Waals surface area contributed by atoms with E-state index >= 15 is 0 Å². The Morgan fingerprint density at radius 1 is 0.527 bits per heavy atom. The van der Waals surface area contributed by atoms with Gasteiger partial charge in [-0.3, -0.25) is 43.2 Å². The number of nitrogens with two attached hydrogens (primary N) is 1. The van der Waals surface area contributed by atoms with Crippen LogP contribution in [-0.2, 0) is 67.2 Å². The Kier molecular flexibility index (Phi) is 24.7. The number of carboxylic acid groups (broad SMARTS) is 2. The van der Waals surface area contributed by atoms with Crippen LogP contribution in [0.25, 0.3) is 0 Å². The van der Waals surface area contributed by atoms with Crippen LogP contribution in [0.4, 0.5) is 0 Å². The maximum atomic E-state index is 14.2. The third-order valence-corrected chi connectivity index (χ3v) is 11.0. The molecule has 29 nitrogen and oxygen atoms in total. The number of amides is 8. The number of carbonyl (C=O) groups is 10. The molecule has 74 heavy (non-hydrogen) atoms. The second kappa shape index (κ2) is 30.2. The van der Waals surface area contributed by atoms with Crippen molar-refractivity contribution in [1.82, 2.24) is 62.5 Å². The van der Waals surface area contributed by atoms with Crippen LogP contribution >= 0.6 is 0 Å². The van der Waals surface area contributed by atoms with Gasteiger partial charge in [0.2, 0.25) is 47.3 Å². The van der Waals surface area contributed by atoms with Crippen LogP contribution in [0.2, 0.25) is 0 Å². The van der Waals surface area contributed by atoms with Crippen molar-refractivity contribution in [3.63, 3.8) is 0 Å². The third-order valence-electron chi connectivity index (χ3n) is 11.0. The quantitative estimate of drug-likeness (QED) is 0.0277. The molecule has 2 heterocycles. The fourth-order valence-corrected chi connectivity index (χ4v) is 6.92. The number of imidazole rings is 2. The lowest BCUT2D eigenvalue weighted by Crippen LogP contribution is -2.62. The Hall–Kier alpha value is -7.86. The third kappa shape index (κ3) is 20.0. The fraction of sp³-hybridized carbons (Fsp3) is 0.511. The highest BCUT2D eigenvalue weighted by molar-refractivity contribution is 5.98. The predicted molar refractivity (Wildman–Crippen MR) is 255 cm³/mol. The number of rotatable bonds is 32. The van der Waals surface area contributed by atoms with E-state index in [0.717, 1.165) is 0 Å². The number of hydrogen-bond donors (Lipinski definition) is 17. The second-order valence-electron chi connectivity index (χ2n) is 17.5. The molecule has 29 heteroatoms. The van der Waals surface area contributed by atoms with E-state index in [2.05, 4.69) is 62.5 Å². The zero-order chi connectivity index (χ0) is 55.1. The summed E-state index contributed by atoms with van der Waals surface area (Å²) in [4.78, 5) is 145. The van der Waals surface area contributed by atoms with Gasteiger partial charge in [-0.2, -0.15) is 0 Å². The number of nitrogens with one attached hydrogen (secondary N) is 10. The van der Waals surface area contributed by atoms with E-state index in [1.807, 2.05) is 0 Å². The first kappa shape index (κ1) is 60.4. The molecule has 0 unspecified atom stereocenters. The van der Waals surface area contributed by atoms with Gasteiger partial charge in [-0.15, -0.1) is 0 Å². The number of benzene rings is 1. The van der Waals surface area contributed by atoms with Crippen LogP contribution < -0.4 is 48.3 Å². The van der Waals surface area contributed by atoms with E-state index < -0.39 is 152 Å². The number of H-pyrrole nitrogens is 2. The van der Waals surface area contributed by atoms with Crippen LogP contribution in [0.15, 0.2) is 55.4 Å². The van der Waals surface area contributed by atoms with Gasteiger partial charge in [-0.1, -0.05) is 44.2 Å². The molecule has 0 aliphatic heterocycles. The molecule has 3 rings (SSSR count). The summed E-state index contributed by atoms with van der Waals surface area (Å²) in [5.41, 5.74) is 6.65. The molecule has 0 aliphatic carbocycles. The predicted octanol–water partition coefficient (Wildman–Crippen LogP) is -6.28. The van der Waals surface area contributed by atoms with E-state index in [9.17, 15) is 78.6 Å². The molecule has 18 N–H and O–H groups in total. The maximum Gasteiger partial charge on any atom is 0.326 e. The summed E-state index contributed by atoms with van der Waals surface area (Å²) in [6, 6.07) is -6.39. The minimum absolute atomic E-state index is 0.0331. The Morgan fingerprint density at radius 3 is 1.26 bits per heavy atom. The highest BCUT2D eigenvalue weighted by Crippen LogP contribution is 2.10. The van der Waals surface area contributed by atoms with E-state index in [1.165, 1.54) is 32.0 Å². The van der Waals surface area contributed by atoms with E-state index in [-0.39, 0.29) is 43.0 Å². The van der Waals surface area contributed by atoms with Crippen molar-refractivity contribution < 1.29 is 78.6 Å². The van der Waals surface area contributed by atoms with Crippen LogP contribution in [0, 0.1) is 5.92 Å². The number of aromatic nitrogens is 4. The summed E-state index contributed by atoms with van der Waals surface area (Å²) < 4.78 is 0. The lowest BCUT2D eigenvalue weighted by molar-refractivity contribution is -0.143. The zero-order valence-electron chi connectivity index (χ0n) is 40.6. The molecule has 0 spiro atoms. The van der Waals surface area contributed by atoms with Gasteiger partial charge >= 0.3 is 11.9 Å². The molecule has 0 saturated carbocycles. The van der Waals surface area contributed by atoms with Gasteiger partial charge in [0.1, 0.15) is 54.4 Å². The van der Waals surface area contributed by atoms with E-state index in [4.69, 9.17) is 5.73 Å². The molecule has 3 aromatic rings. The largest absolute Gasteiger partial charge is 0.481 e. The Bertz CT molecular complexity index is 2340. The van der Waals surface area contributed by atoms with Crippen molar-refractivity contribution in [2.45, 2.75) is 120 Å². The van der Waals surface area contributed by atoms with Crippen LogP contribution in [0.5, 0.6) is 0 Å². The summed E-state index contributed by atoms with van der Waals surface area (Å²) in [5.74, 6) is -11.6. The molecule has 0 saturated heterocycles. The standard InChI is InChI=1S/C45H65N13O16/c1-22(2)11-31(45(73)74)55-43(71)33(18-60)56-38(66)28(12-24-7-5-4-6-8-24)52-39(67)29(13-25-15-47-20-49-25)54-42(70)32(17-59)57-40(68)30(14-26-16-48-21-50-26)53-37(65)27(9-10-35(63)64)51-41(69)34(19-61)58-44(72)36(46)23(3)62/h4-8,15-16,20-23,27-34,36,59-62H,9-14,17-19,46H2,1-3H3,(H,47,49)(H,48,50)(H,51,69)(H,52,67)(H,53,65)(H,54,70)(H,55,71)(H,56,66)(H,57,68)(H,58,72)(H,63,64)(H,73,74)/t23-,27+,28+,29+,30+,31+,32+,33+,34+,36+/m1/s1. The number of hydrogen-bond acceptors (Lipinski definition) is 17. The van der Waals surface area contributed by atoms with E-state index in [0.29, 0.717) is 5.56 Å². The van der Waals surface area contributed by atoms with Crippen molar-refractivity contribution in [3.05, 3.63) is 72.3 Å². The molecule has 0 aliphatic rings. The minimum Gasteiger partial charge on any atom is -0.481 e. The molecule has 10 atom stereocenters. The molecular formula is C45H65N13O16. The average Bonchev–Trinajstić information content (AvgIpc) is 4.09. The van der Waals surface area contributed by atoms with Crippen molar-refractivity contribution >= 4 is 59.2 Å². The van der Waals surface area contributed by atoms with Gasteiger partial charge in [0, 0.05) is 49.5 Å². The normalized spacial score (nSPS) is 15.2. The molecule has 8 amide bonds. The van der Waals surface area contributed by atoms with Crippen molar-refractivity contribution in [2.24, 2.45) is 11.7 Å². The highest BCUT2D eigenvalue weighted by Gasteiger charge is 2.36. The number of carboxylic acids is 2. The van der Waals surface area contributed by atoms with Gasteiger partial charge in [0.15, 0.2) is 0 Å². The SMILES string of the molecule is CC(C)C[C@H](NC(=O)[C@H](CO)NC(=O)[C@H](Cc1ccccc1)NC(=O)[C@H](Cc1cnc[nH]1)NC(=O)[C@H](CO)NC(=O)[C@H](Cc1cnc[nH]1)NC(=O)[C@H](CCC(=O)O)NC(=O)[C@H](CO)NC(=O)[C@@H](N)[C@@H](C)O)C(=O)O. The molecule has 2 aromatic heterocycles. The Morgan fingerprint density at radius 2 is 0.892 bits per heavy atom. The topological polar surface area (TPSA) is 472 Å². The van der Waals surface area contributed by atoms with Gasteiger partial charge in [-0.25, -0.2) is 14.8 Å². The molecule has 406 valence electrons. The Labute approximate surface area is 423 Å². The van der Waals surface area contributed by atoms with Gasteiger partial charge in [0.25, 0.3) is 0 Å².